The van der Waals surface area contributed by atoms with Crippen LogP contribution < -0.4 is 5.32 Å². The van der Waals surface area contributed by atoms with Crippen molar-refractivity contribution in [3.63, 3.8) is 0 Å². The maximum absolute atomic E-state index is 12.0. The maximum atomic E-state index is 12.0. The van der Waals surface area contributed by atoms with Crippen LogP contribution in [0.1, 0.15) is 25.7 Å². The van der Waals surface area contributed by atoms with Gasteiger partial charge in [-0.1, -0.05) is 24.3 Å². The Morgan fingerprint density at radius 2 is 1.47 bits per heavy atom. The summed E-state index contributed by atoms with van der Waals surface area (Å²) in [5.74, 6) is -1.98. The molecule has 17 heavy (non-hydrogen) atoms. The summed E-state index contributed by atoms with van der Waals surface area (Å²) >= 11 is 0. The van der Waals surface area contributed by atoms with Crippen molar-refractivity contribution in [1.29, 1.82) is 0 Å². The first kappa shape index (κ1) is 11.9. The number of carboxylic acid groups (broad SMARTS) is 1. The molecule has 0 radical (unpaired) electrons. The summed E-state index contributed by atoms with van der Waals surface area (Å²) in [7, 11) is 0. The molecule has 92 valence electrons. The predicted molar refractivity (Wildman–Crippen MR) is 63.3 cm³/mol. The second-order valence-corrected chi connectivity index (χ2v) is 4.64. The Labute approximate surface area is 100 Å². The number of rotatable bonds is 3. The van der Waals surface area contributed by atoms with Crippen molar-refractivity contribution >= 4 is 11.9 Å². The van der Waals surface area contributed by atoms with Crippen molar-refractivity contribution in [2.45, 2.75) is 31.7 Å². The highest BCUT2D eigenvalue weighted by Crippen LogP contribution is 2.26. The number of nitrogens with one attached hydrogen (secondary N) is 1. The lowest BCUT2D eigenvalue weighted by Crippen LogP contribution is -2.42. The molecule has 2 N–H and O–H groups in total. The van der Waals surface area contributed by atoms with Gasteiger partial charge in [-0.3, -0.25) is 9.59 Å². The predicted octanol–water partition coefficient (Wildman–Crippen LogP) is 1.49. The van der Waals surface area contributed by atoms with Crippen LogP contribution >= 0.6 is 0 Å². The van der Waals surface area contributed by atoms with E-state index in [2.05, 4.69) is 5.32 Å². The Morgan fingerprint density at radius 3 is 2.06 bits per heavy atom. The molecule has 0 saturated carbocycles. The number of aliphatic carboxylic acids is 1. The normalized spacial score (nSPS) is 28.2. The van der Waals surface area contributed by atoms with Crippen LogP contribution in [0, 0.1) is 11.8 Å². The summed E-state index contributed by atoms with van der Waals surface area (Å²) in [5, 5.41) is 12.0. The van der Waals surface area contributed by atoms with Gasteiger partial charge in [-0.25, -0.2) is 0 Å². The number of allylic oxidation sites excluding steroid dienone is 2. The molecule has 4 nitrogen and oxygen atoms in total. The molecule has 0 heterocycles. The number of amides is 1. The van der Waals surface area contributed by atoms with E-state index in [1.165, 1.54) is 0 Å². The van der Waals surface area contributed by atoms with E-state index in [4.69, 9.17) is 5.11 Å². The van der Waals surface area contributed by atoms with Crippen molar-refractivity contribution in [3.8, 4) is 0 Å². The summed E-state index contributed by atoms with van der Waals surface area (Å²) < 4.78 is 0. The summed E-state index contributed by atoms with van der Waals surface area (Å²) in [6.45, 7) is 0. The Balaban J connectivity index is 1.96. The minimum absolute atomic E-state index is 0.115. The molecule has 2 aliphatic rings. The van der Waals surface area contributed by atoms with Crippen LogP contribution in [0.4, 0.5) is 0 Å². The van der Waals surface area contributed by atoms with Crippen LogP contribution in [0.15, 0.2) is 24.3 Å². The van der Waals surface area contributed by atoms with Gasteiger partial charge in [-0.05, 0) is 25.7 Å². The fourth-order valence-electron chi connectivity index (χ4n) is 2.42. The minimum Gasteiger partial charge on any atom is -0.481 e. The largest absolute Gasteiger partial charge is 0.481 e. The molecule has 0 spiro atoms. The number of carbonyl (C=O) groups excluding carboxylic acids is 1. The third-order valence-electron chi connectivity index (χ3n) is 3.44. The average Bonchev–Trinajstić information content (AvgIpc) is 2.81. The molecule has 0 fully saturated rings. The van der Waals surface area contributed by atoms with Gasteiger partial charge in [0, 0.05) is 6.04 Å². The van der Waals surface area contributed by atoms with Crippen molar-refractivity contribution in [2.75, 3.05) is 0 Å². The molecule has 2 atom stereocenters. The van der Waals surface area contributed by atoms with Gasteiger partial charge in [-0.15, -0.1) is 0 Å². The maximum Gasteiger partial charge on any atom is 0.307 e. The van der Waals surface area contributed by atoms with Gasteiger partial charge >= 0.3 is 5.97 Å². The average molecular weight is 235 g/mol. The van der Waals surface area contributed by atoms with E-state index in [-0.39, 0.29) is 11.9 Å². The first-order valence-corrected chi connectivity index (χ1v) is 6.01. The van der Waals surface area contributed by atoms with Crippen LogP contribution in [-0.4, -0.2) is 23.0 Å². The molecule has 0 aromatic heterocycles. The molecule has 0 aromatic carbocycles. The van der Waals surface area contributed by atoms with Crippen molar-refractivity contribution < 1.29 is 14.7 Å². The highest BCUT2D eigenvalue weighted by atomic mass is 16.4. The lowest BCUT2D eigenvalue weighted by molar-refractivity contribution is -0.147. The number of hydrogen-bond donors (Lipinski definition) is 2. The van der Waals surface area contributed by atoms with Crippen LogP contribution in [0.25, 0.3) is 0 Å². The van der Waals surface area contributed by atoms with Crippen LogP contribution in [0.2, 0.25) is 0 Å². The topological polar surface area (TPSA) is 66.4 Å². The van der Waals surface area contributed by atoms with Crippen molar-refractivity contribution in [1.82, 2.24) is 5.32 Å². The Kier molecular flexibility index (Phi) is 3.61. The molecule has 1 amide bonds. The zero-order valence-corrected chi connectivity index (χ0v) is 9.63. The molecule has 2 rings (SSSR count). The molecular formula is C13H17NO3. The van der Waals surface area contributed by atoms with Crippen LogP contribution in [-0.2, 0) is 9.59 Å². The van der Waals surface area contributed by atoms with Crippen molar-refractivity contribution in [3.05, 3.63) is 24.3 Å². The third kappa shape index (κ3) is 2.75. The second kappa shape index (κ2) is 5.17. The monoisotopic (exact) mass is 235 g/mol. The van der Waals surface area contributed by atoms with Crippen molar-refractivity contribution in [2.24, 2.45) is 11.8 Å². The van der Waals surface area contributed by atoms with E-state index in [0.717, 1.165) is 12.8 Å². The summed E-state index contributed by atoms with van der Waals surface area (Å²) in [6, 6.07) is 0.155. The van der Waals surface area contributed by atoms with Gasteiger partial charge in [0.05, 0.1) is 11.8 Å². The van der Waals surface area contributed by atoms with Gasteiger partial charge < -0.3 is 10.4 Å². The summed E-state index contributed by atoms with van der Waals surface area (Å²) in [6.07, 6.45) is 10.5. The second-order valence-electron chi connectivity index (χ2n) is 4.64. The van der Waals surface area contributed by atoms with E-state index in [1.54, 1.807) is 0 Å². The fourth-order valence-corrected chi connectivity index (χ4v) is 2.42. The number of hydrogen-bond acceptors (Lipinski definition) is 2. The third-order valence-corrected chi connectivity index (χ3v) is 3.44. The van der Waals surface area contributed by atoms with Crippen LogP contribution in [0.5, 0.6) is 0 Å². The van der Waals surface area contributed by atoms with Gasteiger partial charge in [-0.2, -0.15) is 0 Å². The number of carboxylic acids is 1. The molecule has 0 aliphatic heterocycles. The van der Waals surface area contributed by atoms with Crippen LogP contribution in [0.3, 0.4) is 0 Å². The van der Waals surface area contributed by atoms with E-state index in [9.17, 15) is 9.59 Å². The SMILES string of the molecule is O=C(O)[C@H]1CC=CC[C@H]1C(=O)NC1CC=CC1. The quantitative estimate of drug-likeness (QED) is 0.728. The minimum atomic E-state index is -0.876. The van der Waals surface area contributed by atoms with E-state index < -0.39 is 17.8 Å². The van der Waals surface area contributed by atoms with E-state index in [0.29, 0.717) is 12.8 Å². The van der Waals surface area contributed by atoms with Gasteiger partial charge in [0.1, 0.15) is 0 Å². The Hall–Kier alpha value is -1.58. The Bertz CT molecular complexity index is 365. The van der Waals surface area contributed by atoms with Gasteiger partial charge in [0.15, 0.2) is 0 Å². The first-order valence-electron chi connectivity index (χ1n) is 6.01. The van der Waals surface area contributed by atoms with Gasteiger partial charge in [0.25, 0.3) is 0 Å². The summed E-state index contributed by atoms with van der Waals surface area (Å²) in [5.41, 5.74) is 0. The van der Waals surface area contributed by atoms with E-state index in [1.807, 2.05) is 24.3 Å². The number of carbonyl (C=O) groups is 2. The molecular weight excluding hydrogens is 218 g/mol. The lowest BCUT2D eigenvalue weighted by Gasteiger charge is -2.25. The zero-order chi connectivity index (χ0) is 12.3. The summed E-state index contributed by atoms with van der Waals surface area (Å²) in [4.78, 5) is 23.1. The highest BCUT2D eigenvalue weighted by molar-refractivity contribution is 5.85. The molecule has 0 aromatic rings. The molecule has 0 unspecified atom stereocenters. The van der Waals surface area contributed by atoms with E-state index >= 15 is 0 Å². The molecule has 2 aliphatic carbocycles. The molecule has 0 bridgehead atoms. The molecule has 0 saturated heterocycles. The Morgan fingerprint density at radius 1 is 0.941 bits per heavy atom. The smallest absolute Gasteiger partial charge is 0.307 e. The standard InChI is InChI=1S/C13H17NO3/c15-12(14-9-5-1-2-6-9)10-7-3-4-8-11(10)13(16)17/h1-4,9-11H,5-8H2,(H,14,15)(H,16,17)/t10-,11+/m1/s1. The lowest BCUT2D eigenvalue weighted by atomic mass is 9.82. The first-order chi connectivity index (χ1) is 8.18. The zero-order valence-electron chi connectivity index (χ0n) is 9.63. The molecule has 4 heteroatoms. The van der Waals surface area contributed by atoms with Gasteiger partial charge in [0.2, 0.25) is 5.91 Å². The fraction of sp³-hybridized carbons (Fsp3) is 0.538. The highest BCUT2D eigenvalue weighted by Gasteiger charge is 2.34.